The Balaban J connectivity index is 1.35. The average molecular weight is 478 g/mol. The van der Waals surface area contributed by atoms with Crippen molar-refractivity contribution in [3.8, 4) is 5.88 Å². The number of ether oxygens (including phenoxy) is 2. The van der Waals surface area contributed by atoms with E-state index < -0.39 is 5.91 Å². The van der Waals surface area contributed by atoms with E-state index in [2.05, 4.69) is 24.1 Å². The second-order valence-corrected chi connectivity index (χ2v) is 11.0. The van der Waals surface area contributed by atoms with Crippen LogP contribution >= 0.6 is 0 Å². The third kappa shape index (κ3) is 3.73. The van der Waals surface area contributed by atoms with Crippen LogP contribution in [0.15, 0.2) is 35.5 Å². The Kier molecular flexibility index (Phi) is 4.87. The lowest BCUT2D eigenvalue weighted by Gasteiger charge is -2.24. The molecule has 4 atom stereocenters. The number of hydrogen-bond acceptors (Lipinski definition) is 6. The van der Waals surface area contributed by atoms with Gasteiger partial charge in [0.25, 0.3) is 11.5 Å². The molecule has 2 bridgehead atoms. The molecule has 9 heteroatoms. The molecule has 3 aliphatic rings. The quantitative estimate of drug-likeness (QED) is 0.581. The number of nitrogens with one attached hydrogen (secondary N) is 1. The van der Waals surface area contributed by atoms with Crippen LogP contribution in [0.2, 0.25) is 0 Å². The summed E-state index contributed by atoms with van der Waals surface area (Å²) in [5.41, 5.74) is 1.03. The van der Waals surface area contributed by atoms with E-state index >= 15 is 0 Å². The van der Waals surface area contributed by atoms with E-state index in [1.807, 2.05) is 20.0 Å². The molecule has 0 radical (unpaired) electrons. The summed E-state index contributed by atoms with van der Waals surface area (Å²) in [6.45, 7) is 8.68. The van der Waals surface area contributed by atoms with Gasteiger partial charge in [-0.3, -0.25) is 14.0 Å². The van der Waals surface area contributed by atoms with Crippen LogP contribution in [-0.2, 0) is 10.2 Å². The smallest absolute Gasteiger partial charge is 0.274 e. The number of nitrogens with zero attached hydrogens (tertiary/aromatic N) is 4. The molecule has 4 heterocycles. The van der Waals surface area contributed by atoms with Crippen LogP contribution in [0.5, 0.6) is 5.88 Å². The van der Waals surface area contributed by atoms with Crippen LogP contribution in [0.3, 0.4) is 0 Å². The highest BCUT2D eigenvalue weighted by Gasteiger charge is 2.55. The summed E-state index contributed by atoms with van der Waals surface area (Å²) in [6, 6.07) is 3.61. The Morgan fingerprint density at radius 2 is 2.09 bits per heavy atom. The second-order valence-electron chi connectivity index (χ2n) is 11.0. The maximum atomic E-state index is 13.4. The first-order valence-electron chi connectivity index (χ1n) is 12.4. The normalized spacial score (nSPS) is 29.2. The molecule has 3 aromatic heterocycles. The first-order chi connectivity index (χ1) is 16.7. The van der Waals surface area contributed by atoms with Crippen molar-refractivity contribution < 1.29 is 14.3 Å². The van der Waals surface area contributed by atoms with E-state index in [-0.39, 0.29) is 45.9 Å². The highest BCUT2D eigenvalue weighted by Crippen LogP contribution is 2.53. The summed E-state index contributed by atoms with van der Waals surface area (Å²) >= 11 is 0. The van der Waals surface area contributed by atoms with Crippen LogP contribution in [-0.4, -0.2) is 43.2 Å². The average Bonchev–Trinajstić information content (AvgIpc) is 3.12. The van der Waals surface area contributed by atoms with E-state index in [1.54, 1.807) is 33.5 Å². The highest BCUT2D eigenvalue weighted by atomic mass is 16.5. The monoisotopic (exact) mass is 477 g/mol. The first kappa shape index (κ1) is 22.3. The van der Waals surface area contributed by atoms with Gasteiger partial charge in [-0.1, -0.05) is 6.92 Å². The van der Waals surface area contributed by atoms with Crippen LogP contribution < -0.4 is 15.6 Å². The molecular formula is C26H31N5O4. The lowest BCUT2D eigenvalue weighted by molar-refractivity contribution is -0.00627. The number of carbonyl (C=O) groups is 1. The zero-order valence-corrected chi connectivity index (χ0v) is 20.6. The molecule has 2 aliphatic carbocycles. The molecule has 6 rings (SSSR count). The summed E-state index contributed by atoms with van der Waals surface area (Å²) in [5.74, 6) is 0.700. The molecule has 0 spiro atoms. The Hall–Kier alpha value is -3.20. The summed E-state index contributed by atoms with van der Waals surface area (Å²) in [6.07, 6.45) is 9.17. The van der Waals surface area contributed by atoms with Gasteiger partial charge in [-0.15, -0.1) is 0 Å². The Morgan fingerprint density at radius 1 is 1.29 bits per heavy atom. The maximum absolute atomic E-state index is 13.4. The van der Waals surface area contributed by atoms with Gasteiger partial charge in [0, 0.05) is 30.0 Å². The van der Waals surface area contributed by atoms with Gasteiger partial charge in [0.15, 0.2) is 0 Å². The van der Waals surface area contributed by atoms with Crippen molar-refractivity contribution in [1.82, 2.24) is 18.9 Å². The first-order valence-corrected chi connectivity index (χ1v) is 12.4. The van der Waals surface area contributed by atoms with Crippen LogP contribution in [0.1, 0.15) is 75.5 Å². The summed E-state index contributed by atoms with van der Waals surface area (Å²) in [4.78, 5) is 35.7. The van der Waals surface area contributed by atoms with Gasteiger partial charge in [-0.05, 0) is 64.5 Å². The van der Waals surface area contributed by atoms with Crippen molar-refractivity contribution in [2.24, 2.45) is 5.92 Å². The zero-order chi connectivity index (χ0) is 24.5. The van der Waals surface area contributed by atoms with E-state index in [0.29, 0.717) is 18.3 Å². The molecule has 9 nitrogen and oxygen atoms in total. The SMILES string of the molecule is CC(C)Oc1nc2nc([C@@]34CC[C@@](C)(C3)OC4)cn2cc1C(=O)Nc1cccn([C@H]2C[C@@H]2C)c1=O. The van der Waals surface area contributed by atoms with Crippen molar-refractivity contribution in [1.29, 1.82) is 0 Å². The van der Waals surface area contributed by atoms with Gasteiger partial charge in [0.2, 0.25) is 11.7 Å². The van der Waals surface area contributed by atoms with Crippen molar-refractivity contribution in [3.05, 3.63) is 52.3 Å². The van der Waals surface area contributed by atoms with Gasteiger partial charge in [-0.2, -0.15) is 4.98 Å². The minimum Gasteiger partial charge on any atom is -0.474 e. The molecule has 1 N–H and O–H groups in total. The largest absolute Gasteiger partial charge is 0.474 e. The standard InChI is InChI=1S/C26H31N5O4/c1-15(2)35-22-17(21(32)27-18-6-5-9-31(23(18)33)19-10-16(19)3)11-30-12-20(28-24(30)29-22)26-8-7-25(4,13-26)34-14-26/h5-6,9,11-12,15-16,19H,7-8,10,13-14H2,1-4H3,(H,27,32)/t16-,19-,25-,26-/m0/s1. The molecule has 35 heavy (non-hydrogen) atoms. The van der Waals surface area contributed by atoms with Gasteiger partial charge in [0.1, 0.15) is 11.3 Å². The number of aromatic nitrogens is 4. The predicted octanol–water partition coefficient (Wildman–Crippen LogP) is 3.72. The van der Waals surface area contributed by atoms with Gasteiger partial charge in [-0.25, -0.2) is 4.98 Å². The molecule has 184 valence electrons. The topological polar surface area (TPSA) is 99.8 Å². The van der Waals surface area contributed by atoms with E-state index in [0.717, 1.165) is 31.4 Å². The number of rotatable bonds is 6. The second kappa shape index (κ2) is 7.65. The van der Waals surface area contributed by atoms with Crippen LogP contribution in [0.4, 0.5) is 5.69 Å². The minimum absolute atomic E-state index is 0.0823. The molecule has 0 aromatic carbocycles. The fourth-order valence-corrected chi connectivity index (χ4v) is 5.62. The van der Waals surface area contributed by atoms with Gasteiger partial charge in [0.05, 0.1) is 24.0 Å². The lowest BCUT2D eigenvalue weighted by Crippen LogP contribution is -2.26. The number of hydrogen-bond donors (Lipinski definition) is 1. The Morgan fingerprint density at radius 3 is 2.71 bits per heavy atom. The third-order valence-electron chi connectivity index (χ3n) is 7.74. The Labute approximate surface area is 203 Å². The number of imidazole rings is 1. The number of anilines is 1. The van der Waals surface area contributed by atoms with E-state index in [4.69, 9.17) is 14.5 Å². The number of carbonyl (C=O) groups excluding carboxylic acids is 1. The van der Waals surface area contributed by atoms with Crippen molar-refractivity contribution in [2.75, 3.05) is 11.9 Å². The van der Waals surface area contributed by atoms with Crippen LogP contribution in [0, 0.1) is 5.92 Å². The minimum atomic E-state index is -0.445. The molecule has 3 aromatic rings. The number of fused-ring (bicyclic) bond motifs is 3. The zero-order valence-electron chi connectivity index (χ0n) is 20.6. The van der Waals surface area contributed by atoms with Gasteiger partial charge < -0.3 is 19.4 Å². The number of pyridine rings is 1. The molecule has 1 saturated heterocycles. The van der Waals surface area contributed by atoms with E-state index in [9.17, 15) is 9.59 Å². The van der Waals surface area contributed by atoms with Crippen molar-refractivity contribution >= 4 is 17.4 Å². The lowest BCUT2D eigenvalue weighted by atomic mass is 9.84. The molecule has 3 fully saturated rings. The summed E-state index contributed by atoms with van der Waals surface area (Å²) in [5, 5.41) is 2.79. The molecule has 1 amide bonds. The van der Waals surface area contributed by atoms with E-state index in [1.165, 1.54) is 0 Å². The predicted molar refractivity (Wildman–Crippen MR) is 130 cm³/mol. The Bertz CT molecular complexity index is 1380. The fourth-order valence-electron chi connectivity index (χ4n) is 5.62. The third-order valence-corrected chi connectivity index (χ3v) is 7.74. The fraction of sp³-hybridized carbons (Fsp3) is 0.538. The van der Waals surface area contributed by atoms with Crippen molar-refractivity contribution in [2.45, 2.75) is 76.5 Å². The molecule has 1 aliphatic heterocycles. The summed E-state index contributed by atoms with van der Waals surface area (Å²) in [7, 11) is 0. The maximum Gasteiger partial charge on any atom is 0.274 e. The van der Waals surface area contributed by atoms with Crippen LogP contribution in [0.25, 0.3) is 5.78 Å². The highest BCUT2D eigenvalue weighted by molar-refractivity contribution is 6.05. The van der Waals surface area contributed by atoms with Gasteiger partial charge >= 0.3 is 0 Å². The molecule has 0 unspecified atom stereocenters. The summed E-state index contributed by atoms with van der Waals surface area (Å²) < 4.78 is 15.4. The number of amides is 1. The molecular weight excluding hydrogens is 446 g/mol. The van der Waals surface area contributed by atoms with Crippen molar-refractivity contribution in [3.63, 3.8) is 0 Å². The molecule has 2 saturated carbocycles.